The Hall–Kier alpha value is -1.18. The van der Waals surface area contributed by atoms with E-state index in [0.717, 1.165) is 11.3 Å². The Morgan fingerprint density at radius 3 is 2.62 bits per heavy atom. The summed E-state index contributed by atoms with van der Waals surface area (Å²) >= 11 is 1.07. The van der Waals surface area contributed by atoms with Crippen LogP contribution in [0, 0.1) is 6.92 Å². The summed E-state index contributed by atoms with van der Waals surface area (Å²) in [7, 11) is 0. The van der Waals surface area contributed by atoms with E-state index < -0.39 is 12.0 Å². The van der Waals surface area contributed by atoms with Gasteiger partial charge in [0, 0.05) is 0 Å². The average Bonchev–Trinajstić information content (AvgIpc) is 2.41. The molecule has 8 heteroatoms. The number of hydrogen-bond donors (Lipinski definition) is 0. The van der Waals surface area contributed by atoms with Crippen molar-refractivity contribution in [3.63, 3.8) is 0 Å². The summed E-state index contributed by atoms with van der Waals surface area (Å²) in [4.78, 5) is 0.157. The SMILES string of the molecule is Cc1nn2c(C(F)(F)F)nnc2s1. The summed E-state index contributed by atoms with van der Waals surface area (Å²) < 4.78 is 37.3. The van der Waals surface area contributed by atoms with E-state index in [-0.39, 0.29) is 4.96 Å². The number of nitrogens with zero attached hydrogens (tertiary/aromatic N) is 4. The van der Waals surface area contributed by atoms with Gasteiger partial charge in [0.2, 0.25) is 4.96 Å². The number of hydrogen-bond acceptors (Lipinski definition) is 4. The lowest BCUT2D eigenvalue weighted by Crippen LogP contribution is -2.11. The van der Waals surface area contributed by atoms with Gasteiger partial charge in [0.05, 0.1) is 0 Å². The van der Waals surface area contributed by atoms with Gasteiger partial charge in [-0.2, -0.15) is 22.8 Å². The molecule has 70 valence electrons. The van der Waals surface area contributed by atoms with Crippen LogP contribution in [0.25, 0.3) is 4.96 Å². The third-order valence-electron chi connectivity index (χ3n) is 1.35. The Bertz CT molecular complexity index is 442. The Balaban J connectivity index is 2.70. The van der Waals surface area contributed by atoms with Gasteiger partial charge < -0.3 is 0 Å². The van der Waals surface area contributed by atoms with Crippen LogP contribution in [0.5, 0.6) is 0 Å². The van der Waals surface area contributed by atoms with Gasteiger partial charge in [0.25, 0.3) is 5.82 Å². The van der Waals surface area contributed by atoms with Crippen LogP contribution in [0.4, 0.5) is 13.2 Å². The largest absolute Gasteiger partial charge is 0.453 e. The highest BCUT2D eigenvalue weighted by molar-refractivity contribution is 7.16. The lowest BCUT2D eigenvalue weighted by Gasteiger charge is -1.99. The van der Waals surface area contributed by atoms with E-state index in [1.54, 1.807) is 6.92 Å². The van der Waals surface area contributed by atoms with Crippen LogP contribution < -0.4 is 0 Å². The zero-order valence-electron chi connectivity index (χ0n) is 6.33. The first-order valence-electron chi connectivity index (χ1n) is 3.24. The minimum absolute atomic E-state index is 0.157. The quantitative estimate of drug-likeness (QED) is 0.659. The summed E-state index contributed by atoms with van der Waals surface area (Å²) in [5.74, 6) is -1.08. The molecule has 0 spiro atoms. The Morgan fingerprint density at radius 1 is 1.31 bits per heavy atom. The second-order valence-electron chi connectivity index (χ2n) is 2.34. The Labute approximate surface area is 74.0 Å². The van der Waals surface area contributed by atoms with E-state index in [1.165, 1.54) is 0 Å². The van der Waals surface area contributed by atoms with E-state index in [2.05, 4.69) is 15.3 Å². The van der Waals surface area contributed by atoms with Gasteiger partial charge in [-0.1, -0.05) is 11.3 Å². The summed E-state index contributed by atoms with van der Waals surface area (Å²) in [5, 5.41) is 10.5. The van der Waals surface area contributed by atoms with Gasteiger partial charge in [-0.05, 0) is 6.92 Å². The molecule has 4 nitrogen and oxygen atoms in total. The summed E-state index contributed by atoms with van der Waals surface area (Å²) in [6.07, 6.45) is -4.50. The van der Waals surface area contributed by atoms with Crippen molar-refractivity contribution in [2.75, 3.05) is 0 Å². The molecule has 0 fully saturated rings. The van der Waals surface area contributed by atoms with Gasteiger partial charge >= 0.3 is 6.18 Å². The Kier molecular flexibility index (Phi) is 1.56. The normalized spacial score (nSPS) is 12.6. The molecule has 0 aliphatic heterocycles. The van der Waals surface area contributed by atoms with Crippen LogP contribution in [0.1, 0.15) is 10.8 Å². The molecule has 0 saturated heterocycles. The first kappa shape index (κ1) is 8.42. The maximum absolute atomic E-state index is 12.2. The molecule has 13 heavy (non-hydrogen) atoms. The first-order valence-corrected chi connectivity index (χ1v) is 4.06. The van der Waals surface area contributed by atoms with E-state index in [4.69, 9.17) is 0 Å². The summed E-state index contributed by atoms with van der Waals surface area (Å²) in [6, 6.07) is 0. The molecule has 2 aromatic heterocycles. The highest BCUT2D eigenvalue weighted by Crippen LogP contribution is 2.28. The Morgan fingerprint density at radius 2 is 2.00 bits per heavy atom. The van der Waals surface area contributed by atoms with Crippen molar-refractivity contribution in [2.24, 2.45) is 0 Å². The molecule has 0 unspecified atom stereocenters. The predicted molar refractivity (Wildman–Crippen MR) is 38.4 cm³/mol. The second-order valence-corrected chi connectivity index (χ2v) is 3.50. The molecular weight excluding hydrogens is 205 g/mol. The monoisotopic (exact) mass is 208 g/mol. The van der Waals surface area contributed by atoms with Crippen molar-refractivity contribution in [1.82, 2.24) is 19.8 Å². The fourth-order valence-electron chi connectivity index (χ4n) is 0.889. The first-order chi connectivity index (χ1) is 5.98. The number of aromatic nitrogens is 4. The molecular formula is C5H3F3N4S. The minimum Gasteiger partial charge on any atom is -0.178 e. The zero-order valence-corrected chi connectivity index (χ0v) is 7.15. The summed E-state index contributed by atoms with van der Waals surface area (Å²) in [6.45, 7) is 1.61. The van der Waals surface area contributed by atoms with E-state index >= 15 is 0 Å². The molecule has 0 aliphatic carbocycles. The van der Waals surface area contributed by atoms with Crippen LogP contribution in [0.2, 0.25) is 0 Å². The number of fused-ring (bicyclic) bond motifs is 1. The van der Waals surface area contributed by atoms with Crippen molar-refractivity contribution in [2.45, 2.75) is 13.1 Å². The van der Waals surface area contributed by atoms with Crippen molar-refractivity contribution in [1.29, 1.82) is 0 Å². The van der Waals surface area contributed by atoms with Gasteiger partial charge in [0.1, 0.15) is 5.01 Å². The fraction of sp³-hybridized carbons (Fsp3) is 0.400. The highest BCUT2D eigenvalue weighted by atomic mass is 32.1. The van der Waals surface area contributed by atoms with E-state index in [1.807, 2.05) is 0 Å². The third kappa shape index (κ3) is 1.26. The molecule has 0 atom stereocenters. The third-order valence-corrected chi connectivity index (χ3v) is 2.16. The average molecular weight is 208 g/mol. The smallest absolute Gasteiger partial charge is 0.178 e. The molecule has 2 heterocycles. The minimum atomic E-state index is -4.50. The van der Waals surface area contributed by atoms with Crippen LogP contribution in [0.3, 0.4) is 0 Å². The van der Waals surface area contributed by atoms with Crippen LogP contribution in [-0.4, -0.2) is 19.8 Å². The molecule has 0 radical (unpaired) electrons. The van der Waals surface area contributed by atoms with Crippen molar-refractivity contribution < 1.29 is 13.2 Å². The summed E-state index contributed by atoms with van der Waals surface area (Å²) in [5.41, 5.74) is 0. The maximum atomic E-state index is 12.2. The van der Waals surface area contributed by atoms with E-state index in [0.29, 0.717) is 9.52 Å². The van der Waals surface area contributed by atoms with Crippen molar-refractivity contribution in [3.8, 4) is 0 Å². The molecule has 0 bridgehead atoms. The maximum Gasteiger partial charge on any atom is 0.453 e. The van der Waals surface area contributed by atoms with Gasteiger partial charge in [-0.15, -0.1) is 10.2 Å². The number of alkyl halides is 3. The molecule has 2 aromatic rings. The number of aryl methyl sites for hydroxylation is 1. The van der Waals surface area contributed by atoms with Crippen molar-refractivity contribution in [3.05, 3.63) is 10.8 Å². The lowest BCUT2D eigenvalue weighted by atomic mass is 10.6. The van der Waals surface area contributed by atoms with Gasteiger partial charge in [0.15, 0.2) is 0 Å². The van der Waals surface area contributed by atoms with Crippen LogP contribution >= 0.6 is 11.3 Å². The topological polar surface area (TPSA) is 43.1 Å². The zero-order chi connectivity index (χ0) is 9.64. The molecule has 0 aliphatic rings. The van der Waals surface area contributed by atoms with Crippen molar-refractivity contribution >= 4 is 16.3 Å². The molecule has 0 amide bonds. The predicted octanol–water partition coefficient (Wildman–Crippen LogP) is 1.51. The molecule has 2 rings (SSSR count). The number of halogens is 3. The molecule has 0 saturated carbocycles. The fourth-order valence-corrected chi connectivity index (χ4v) is 1.57. The standard InChI is InChI=1S/C5H3F3N4S/c1-2-11-12-3(5(6,7)8)9-10-4(12)13-2/h1H3. The second kappa shape index (κ2) is 2.41. The molecule has 0 aromatic carbocycles. The van der Waals surface area contributed by atoms with E-state index in [9.17, 15) is 13.2 Å². The van der Waals surface area contributed by atoms with Gasteiger partial charge in [-0.25, -0.2) is 0 Å². The van der Waals surface area contributed by atoms with Gasteiger partial charge in [-0.3, -0.25) is 0 Å². The van der Waals surface area contributed by atoms with Crippen LogP contribution in [-0.2, 0) is 6.18 Å². The van der Waals surface area contributed by atoms with Crippen LogP contribution in [0.15, 0.2) is 0 Å². The lowest BCUT2D eigenvalue weighted by molar-refractivity contribution is -0.146. The molecule has 0 N–H and O–H groups in total. The number of rotatable bonds is 0. The highest BCUT2D eigenvalue weighted by Gasteiger charge is 2.38.